The lowest BCUT2D eigenvalue weighted by molar-refractivity contribution is -0.142. The molecule has 186 valence electrons. The second-order valence-electron chi connectivity index (χ2n) is 6.26. The van der Waals surface area contributed by atoms with Crippen LogP contribution in [0.4, 0.5) is 18.0 Å². The molecular formula is C20H20F3NO9S. The largest absolute Gasteiger partial charge is 0.534 e. The van der Waals surface area contributed by atoms with Crippen LogP contribution in [0.2, 0.25) is 0 Å². The van der Waals surface area contributed by atoms with Gasteiger partial charge in [0, 0.05) is 17.1 Å². The fourth-order valence-electron chi connectivity index (χ4n) is 2.78. The van der Waals surface area contributed by atoms with E-state index in [1.165, 1.54) is 45.0 Å². The van der Waals surface area contributed by atoms with E-state index >= 15 is 0 Å². The van der Waals surface area contributed by atoms with Gasteiger partial charge in [-0.05, 0) is 26.8 Å². The first-order valence-electron chi connectivity index (χ1n) is 9.76. The highest BCUT2D eigenvalue weighted by atomic mass is 32.2. The number of rotatable bonds is 8. The third-order valence-corrected chi connectivity index (χ3v) is 5.04. The Bertz CT molecular complexity index is 1230. The van der Waals surface area contributed by atoms with Crippen molar-refractivity contribution in [1.29, 1.82) is 0 Å². The number of nitrogens with zero attached hydrogens (tertiary/aromatic N) is 1. The summed E-state index contributed by atoms with van der Waals surface area (Å²) in [5.41, 5.74) is -7.11. The summed E-state index contributed by atoms with van der Waals surface area (Å²) >= 11 is 0. The van der Waals surface area contributed by atoms with E-state index in [0.717, 1.165) is 10.8 Å². The third kappa shape index (κ3) is 5.50. The minimum Gasteiger partial charge on any atom is -0.462 e. The summed E-state index contributed by atoms with van der Waals surface area (Å²) < 4.78 is 82.0. The number of para-hydroxylation sites is 1. The first-order chi connectivity index (χ1) is 15.9. The number of carbonyl (C=O) groups is 3. The monoisotopic (exact) mass is 507 g/mol. The zero-order valence-electron chi connectivity index (χ0n) is 18.2. The number of esters is 2. The Morgan fingerprint density at radius 2 is 1.47 bits per heavy atom. The molecule has 0 atom stereocenters. The number of carbonyl (C=O) groups excluding carboxylic acids is 3. The van der Waals surface area contributed by atoms with E-state index in [1.807, 2.05) is 0 Å². The quantitative estimate of drug-likeness (QED) is 0.132. The second-order valence-corrected chi connectivity index (χ2v) is 7.79. The zero-order valence-corrected chi connectivity index (χ0v) is 19.0. The van der Waals surface area contributed by atoms with Crippen LogP contribution in [0.3, 0.4) is 0 Å². The Morgan fingerprint density at radius 3 is 2.03 bits per heavy atom. The van der Waals surface area contributed by atoms with Gasteiger partial charge in [-0.2, -0.15) is 21.6 Å². The zero-order chi connectivity index (χ0) is 25.7. The molecule has 14 heteroatoms. The van der Waals surface area contributed by atoms with Gasteiger partial charge in [0.2, 0.25) is 5.76 Å². The van der Waals surface area contributed by atoms with Crippen molar-refractivity contribution in [1.82, 2.24) is 4.57 Å². The molecule has 1 aromatic heterocycles. The maximum Gasteiger partial charge on any atom is 0.534 e. The van der Waals surface area contributed by atoms with Crippen LogP contribution in [0.15, 0.2) is 36.2 Å². The van der Waals surface area contributed by atoms with Gasteiger partial charge in [-0.1, -0.05) is 18.2 Å². The summed E-state index contributed by atoms with van der Waals surface area (Å²) in [7, 11) is -6.40. The SMILES string of the molecule is CCOC(=O)/C(OS(=O)(=O)C(F)(F)F)=C(\C(=O)OCC)c1cn(C(=O)OCC)c2ccccc12. The van der Waals surface area contributed by atoms with Gasteiger partial charge in [0.15, 0.2) is 0 Å². The summed E-state index contributed by atoms with van der Waals surface area (Å²) in [6.45, 7) is 3.49. The first-order valence-corrected chi connectivity index (χ1v) is 11.2. The standard InChI is InChI=1S/C20H20F3NO9S/c1-4-30-17(25)15(16(18(26)31-5-2)33-34(28,29)20(21,22)23)13-11-24(19(27)32-6-3)14-10-8-7-9-12(13)14/h7-11H,4-6H2,1-3H3/b16-15+. The number of benzene rings is 1. The molecule has 1 aromatic carbocycles. The maximum absolute atomic E-state index is 13.0. The lowest BCUT2D eigenvalue weighted by Gasteiger charge is -2.15. The van der Waals surface area contributed by atoms with Crippen LogP contribution >= 0.6 is 0 Å². The Balaban J connectivity index is 2.96. The van der Waals surface area contributed by atoms with Crippen LogP contribution in [0.5, 0.6) is 0 Å². The highest BCUT2D eigenvalue weighted by Crippen LogP contribution is 2.34. The first kappa shape index (κ1) is 26.7. The second kappa shape index (κ2) is 10.6. The van der Waals surface area contributed by atoms with Crippen LogP contribution in [0.25, 0.3) is 16.5 Å². The van der Waals surface area contributed by atoms with Gasteiger partial charge in [0.05, 0.1) is 25.3 Å². The topological polar surface area (TPSA) is 127 Å². The molecule has 0 spiro atoms. The van der Waals surface area contributed by atoms with E-state index < -0.39 is 51.6 Å². The van der Waals surface area contributed by atoms with E-state index in [1.54, 1.807) is 0 Å². The Morgan fingerprint density at radius 1 is 0.912 bits per heavy atom. The molecule has 0 N–H and O–H groups in total. The molecule has 0 aliphatic carbocycles. The molecule has 10 nitrogen and oxygen atoms in total. The van der Waals surface area contributed by atoms with Crippen LogP contribution in [-0.4, -0.2) is 56.3 Å². The van der Waals surface area contributed by atoms with Gasteiger partial charge in [0.1, 0.15) is 5.57 Å². The number of hydrogen-bond donors (Lipinski definition) is 0. The fourth-order valence-corrected chi connectivity index (χ4v) is 3.25. The summed E-state index contributed by atoms with van der Waals surface area (Å²) in [5, 5.41) is 0.0772. The van der Waals surface area contributed by atoms with Crippen molar-refractivity contribution in [3.05, 3.63) is 41.8 Å². The average molecular weight is 507 g/mol. The Hall–Kier alpha value is -3.55. The van der Waals surface area contributed by atoms with Gasteiger partial charge in [0.25, 0.3) is 0 Å². The van der Waals surface area contributed by atoms with E-state index in [0.29, 0.717) is 0 Å². The number of fused-ring (bicyclic) bond motifs is 1. The van der Waals surface area contributed by atoms with Crippen molar-refractivity contribution < 1.29 is 54.4 Å². The van der Waals surface area contributed by atoms with Crippen molar-refractivity contribution in [2.45, 2.75) is 26.3 Å². The third-order valence-electron chi connectivity index (χ3n) is 4.09. The van der Waals surface area contributed by atoms with Crippen molar-refractivity contribution in [3.63, 3.8) is 0 Å². The van der Waals surface area contributed by atoms with E-state index in [2.05, 4.69) is 8.92 Å². The minimum absolute atomic E-state index is 0.0255. The number of alkyl halides is 3. The van der Waals surface area contributed by atoms with Crippen molar-refractivity contribution >= 4 is 44.6 Å². The molecule has 2 rings (SSSR count). The highest BCUT2D eigenvalue weighted by molar-refractivity contribution is 7.87. The molecule has 0 aliphatic rings. The molecule has 34 heavy (non-hydrogen) atoms. The van der Waals surface area contributed by atoms with Gasteiger partial charge in [-0.15, -0.1) is 0 Å². The molecule has 0 fully saturated rings. The lowest BCUT2D eigenvalue weighted by atomic mass is 10.0. The van der Waals surface area contributed by atoms with Crippen LogP contribution < -0.4 is 0 Å². The van der Waals surface area contributed by atoms with Crippen LogP contribution in [0, 0.1) is 0 Å². The predicted molar refractivity (Wildman–Crippen MR) is 111 cm³/mol. The van der Waals surface area contributed by atoms with E-state index in [-0.39, 0.29) is 29.7 Å². The highest BCUT2D eigenvalue weighted by Gasteiger charge is 2.50. The van der Waals surface area contributed by atoms with Crippen molar-refractivity contribution in [3.8, 4) is 0 Å². The summed E-state index contributed by atoms with van der Waals surface area (Å²) in [4.78, 5) is 37.7. The van der Waals surface area contributed by atoms with Gasteiger partial charge >= 0.3 is 33.7 Å². The minimum atomic E-state index is -6.40. The molecule has 1 heterocycles. The molecule has 0 amide bonds. The summed E-state index contributed by atoms with van der Waals surface area (Å²) in [6.07, 6.45) is 0.0761. The molecule has 0 bridgehead atoms. The molecule has 2 aromatic rings. The predicted octanol–water partition coefficient (Wildman–Crippen LogP) is 3.35. The number of hydrogen-bond acceptors (Lipinski definition) is 9. The molecule has 0 aliphatic heterocycles. The summed E-state index contributed by atoms with van der Waals surface area (Å²) in [5.74, 6) is -4.65. The van der Waals surface area contributed by atoms with Crippen LogP contribution in [0.1, 0.15) is 26.3 Å². The van der Waals surface area contributed by atoms with Gasteiger partial charge in [-0.3, -0.25) is 4.57 Å². The maximum atomic E-state index is 13.0. The van der Waals surface area contributed by atoms with E-state index in [4.69, 9.17) is 9.47 Å². The fraction of sp³-hybridized carbons (Fsp3) is 0.350. The van der Waals surface area contributed by atoms with Crippen molar-refractivity contribution in [2.75, 3.05) is 19.8 Å². The Kier molecular flexibility index (Phi) is 8.31. The molecular weight excluding hydrogens is 487 g/mol. The van der Waals surface area contributed by atoms with Crippen LogP contribution in [-0.2, 0) is 38.1 Å². The molecule has 0 saturated heterocycles. The number of halogens is 3. The van der Waals surface area contributed by atoms with Gasteiger partial charge in [-0.25, -0.2) is 14.4 Å². The smallest absolute Gasteiger partial charge is 0.462 e. The lowest BCUT2D eigenvalue weighted by Crippen LogP contribution is -2.29. The Labute approximate surface area is 191 Å². The number of aromatic nitrogens is 1. The number of ether oxygens (including phenoxy) is 3. The summed E-state index contributed by atoms with van der Waals surface area (Å²) in [6, 6.07) is 5.80. The normalized spacial score (nSPS) is 12.6. The molecule has 0 unspecified atom stereocenters. The molecule has 0 radical (unpaired) electrons. The van der Waals surface area contributed by atoms with Gasteiger partial charge < -0.3 is 18.4 Å². The molecule has 0 saturated carbocycles. The van der Waals surface area contributed by atoms with E-state index in [9.17, 15) is 36.0 Å². The average Bonchev–Trinajstić information content (AvgIpc) is 3.12. The van der Waals surface area contributed by atoms with Crippen molar-refractivity contribution in [2.24, 2.45) is 0 Å².